The molecule has 1 amide bonds. The number of hydrogen-bond donors (Lipinski definition) is 1. The molecule has 28 heavy (non-hydrogen) atoms. The molecule has 0 saturated heterocycles. The smallest absolute Gasteiger partial charge is 0.275 e. The number of nitrogens with zero attached hydrogens (tertiary/aromatic N) is 6. The lowest BCUT2D eigenvalue weighted by Crippen LogP contribution is -2.19. The number of aryl methyl sites for hydroxylation is 2. The summed E-state index contributed by atoms with van der Waals surface area (Å²) in [5.41, 5.74) is 2.26. The molecule has 0 aliphatic carbocycles. The normalized spacial score (nSPS) is 11.1. The number of benzene rings is 1. The number of aromatic nitrogens is 6. The summed E-state index contributed by atoms with van der Waals surface area (Å²) in [5.74, 6) is 0.186. The number of hydrogen-bond acceptors (Lipinski definition) is 5. The Kier molecular flexibility index (Phi) is 4.56. The van der Waals surface area contributed by atoms with Crippen LogP contribution in [0.1, 0.15) is 29.5 Å². The molecule has 142 valence electrons. The molecule has 0 spiro atoms. The minimum Gasteiger partial charge on any atom is -0.305 e. The van der Waals surface area contributed by atoms with Gasteiger partial charge in [0.1, 0.15) is 23.7 Å². The maximum Gasteiger partial charge on any atom is 0.275 e. The summed E-state index contributed by atoms with van der Waals surface area (Å²) in [6, 6.07) is 9.32. The van der Waals surface area contributed by atoms with Crippen LogP contribution in [0.4, 0.5) is 10.2 Å². The van der Waals surface area contributed by atoms with Crippen LogP contribution in [0, 0.1) is 12.7 Å². The van der Waals surface area contributed by atoms with E-state index in [1.165, 1.54) is 23.0 Å². The van der Waals surface area contributed by atoms with Crippen LogP contribution in [0.25, 0.3) is 17.0 Å². The van der Waals surface area contributed by atoms with E-state index >= 15 is 0 Å². The number of rotatable bonds is 5. The number of fused-ring (bicyclic) bond motifs is 1. The Morgan fingerprint density at radius 1 is 1.21 bits per heavy atom. The zero-order valence-corrected chi connectivity index (χ0v) is 15.4. The highest BCUT2D eigenvalue weighted by Crippen LogP contribution is 2.20. The van der Waals surface area contributed by atoms with Gasteiger partial charge in [0.2, 0.25) is 0 Å². The number of nitrogens with one attached hydrogen (secondary N) is 1. The predicted octanol–water partition coefficient (Wildman–Crippen LogP) is 3.10. The van der Waals surface area contributed by atoms with E-state index < -0.39 is 0 Å². The number of carbonyl (C=O) groups is 1. The van der Waals surface area contributed by atoms with Crippen molar-refractivity contribution in [2.75, 3.05) is 5.32 Å². The van der Waals surface area contributed by atoms with Crippen LogP contribution in [-0.4, -0.2) is 35.3 Å². The predicted molar refractivity (Wildman–Crippen MR) is 101 cm³/mol. The van der Waals surface area contributed by atoms with Gasteiger partial charge in [0, 0.05) is 18.2 Å². The first kappa shape index (κ1) is 17.8. The Bertz CT molecular complexity index is 1150. The second-order valence-electron chi connectivity index (χ2n) is 6.35. The average molecular weight is 379 g/mol. The van der Waals surface area contributed by atoms with E-state index in [1.807, 2.05) is 19.9 Å². The lowest BCUT2D eigenvalue weighted by Gasteiger charge is -2.10. The zero-order chi connectivity index (χ0) is 19.7. The van der Waals surface area contributed by atoms with Crippen molar-refractivity contribution in [3.8, 4) is 11.3 Å². The summed E-state index contributed by atoms with van der Waals surface area (Å²) in [6.07, 6.45) is 2.22. The van der Waals surface area contributed by atoms with Gasteiger partial charge >= 0.3 is 0 Å². The van der Waals surface area contributed by atoms with Crippen LogP contribution in [0.15, 0.2) is 42.7 Å². The molecule has 0 saturated carbocycles. The van der Waals surface area contributed by atoms with Gasteiger partial charge in [0.15, 0.2) is 0 Å². The van der Waals surface area contributed by atoms with Crippen molar-refractivity contribution >= 4 is 17.5 Å². The molecule has 9 heteroatoms. The van der Waals surface area contributed by atoms with Crippen molar-refractivity contribution in [1.82, 2.24) is 29.4 Å². The van der Waals surface area contributed by atoms with Crippen LogP contribution in [-0.2, 0) is 6.54 Å². The van der Waals surface area contributed by atoms with Crippen molar-refractivity contribution in [1.29, 1.82) is 0 Å². The van der Waals surface area contributed by atoms with E-state index in [9.17, 15) is 9.18 Å². The van der Waals surface area contributed by atoms with Gasteiger partial charge in [-0.1, -0.05) is 6.92 Å². The first-order valence-corrected chi connectivity index (χ1v) is 8.87. The molecule has 0 atom stereocenters. The number of amides is 1. The highest BCUT2D eigenvalue weighted by Gasteiger charge is 2.18. The average Bonchev–Trinajstić information content (AvgIpc) is 3.28. The molecular formula is C19H18FN7O. The SMILES string of the molecule is CCCn1nc(C)cc1NC(=O)c1cc(-c2ccc(F)cc2)nc2ncnn12. The fraction of sp³-hybridized carbons (Fsp3) is 0.211. The molecular weight excluding hydrogens is 361 g/mol. The van der Waals surface area contributed by atoms with Gasteiger partial charge in [-0.2, -0.15) is 19.7 Å². The summed E-state index contributed by atoms with van der Waals surface area (Å²) in [5, 5.41) is 11.4. The molecule has 1 aromatic carbocycles. The number of carbonyl (C=O) groups excluding carboxylic acids is 1. The number of anilines is 1. The van der Waals surface area contributed by atoms with Gasteiger partial charge in [-0.3, -0.25) is 4.79 Å². The second kappa shape index (κ2) is 7.18. The maximum absolute atomic E-state index is 13.2. The first-order chi connectivity index (χ1) is 13.5. The lowest BCUT2D eigenvalue weighted by molar-refractivity contribution is 0.101. The standard InChI is InChI=1S/C19H18FN7O/c1-3-8-26-17(9-12(2)25-26)24-18(28)16-10-15(13-4-6-14(20)7-5-13)23-19-21-11-22-27(16)19/h4-7,9-11H,3,8H2,1-2H3,(H,24,28). The Labute approximate surface area is 160 Å². The Morgan fingerprint density at radius 2 is 2.00 bits per heavy atom. The molecule has 4 aromatic rings. The van der Waals surface area contributed by atoms with Gasteiger partial charge in [-0.25, -0.2) is 14.1 Å². The molecule has 0 bridgehead atoms. The van der Waals surface area contributed by atoms with E-state index in [0.29, 0.717) is 23.6 Å². The molecule has 0 unspecified atom stereocenters. The fourth-order valence-electron chi connectivity index (χ4n) is 2.95. The van der Waals surface area contributed by atoms with E-state index in [2.05, 4.69) is 25.5 Å². The quantitative estimate of drug-likeness (QED) is 0.575. The van der Waals surface area contributed by atoms with Gasteiger partial charge in [-0.15, -0.1) is 0 Å². The molecule has 1 N–H and O–H groups in total. The Balaban J connectivity index is 1.74. The molecule has 3 heterocycles. The van der Waals surface area contributed by atoms with Crippen molar-refractivity contribution in [2.45, 2.75) is 26.8 Å². The van der Waals surface area contributed by atoms with Gasteiger partial charge in [0.25, 0.3) is 11.7 Å². The molecule has 0 fully saturated rings. The lowest BCUT2D eigenvalue weighted by atomic mass is 10.1. The number of halogens is 1. The first-order valence-electron chi connectivity index (χ1n) is 8.87. The third-order valence-electron chi connectivity index (χ3n) is 4.20. The van der Waals surface area contributed by atoms with Crippen molar-refractivity contribution in [3.63, 3.8) is 0 Å². The second-order valence-corrected chi connectivity index (χ2v) is 6.35. The minimum atomic E-state index is -0.362. The van der Waals surface area contributed by atoms with Crippen LogP contribution < -0.4 is 5.32 Å². The van der Waals surface area contributed by atoms with E-state index in [1.54, 1.807) is 22.9 Å². The molecule has 0 aliphatic heterocycles. The molecule has 3 aromatic heterocycles. The molecule has 4 rings (SSSR count). The van der Waals surface area contributed by atoms with E-state index in [4.69, 9.17) is 0 Å². The zero-order valence-electron chi connectivity index (χ0n) is 15.4. The highest BCUT2D eigenvalue weighted by atomic mass is 19.1. The van der Waals surface area contributed by atoms with Crippen LogP contribution in [0.5, 0.6) is 0 Å². The summed E-state index contributed by atoms with van der Waals surface area (Å²) in [4.78, 5) is 21.5. The van der Waals surface area contributed by atoms with Gasteiger partial charge in [-0.05, 0) is 43.7 Å². The maximum atomic E-state index is 13.2. The molecule has 8 nitrogen and oxygen atoms in total. The largest absolute Gasteiger partial charge is 0.305 e. The Hall–Kier alpha value is -3.62. The summed E-state index contributed by atoms with van der Waals surface area (Å²) < 4.78 is 16.4. The van der Waals surface area contributed by atoms with Crippen LogP contribution >= 0.6 is 0 Å². The summed E-state index contributed by atoms with van der Waals surface area (Å²) in [6.45, 7) is 4.61. The monoisotopic (exact) mass is 379 g/mol. The van der Waals surface area contributed by atoms with Crippen LogP contribution in [0.3, 0.4) is 0 Å². The van der Waals surface area contributed by atoms with E-state index in [-0.39, 0.29) is 23.2 Å². The minimum absolute atomic E-state index is 0.267. The van der Waals surface area contributed by atoms with E-state index in [0.717, 1.165) is 12.1 Å². The van der Waals surface area contributed by atoms with Crippen molar-refractivity contribution in [2.24, 2.45) is 0 Å². The van der Waals surface area contributed by atoms with Gasteiger partial charge < -0.3 is 5.32 Å². The summed E-state index contributed by atoms with van der Waals surface area (Å²) in [7, 11) is 0. The Morgan fingerprint density at radius 3 is 2.75 bits per heavy atom. The topological polar surface area (TPSA) is 90.0 Å². The third-order valence-corrected chi connectivity index (χ3v) is 4.20. The molecule has 0 aliphatic rings. The van der Waals surface area contributed by atoms with Crippen molar-refractivity contribution in [3.05, 3.63) is 59.9 Å². The third kappa shape index (κ3) is 3.34. The van der Waals surface area contributed by atoms with Gasteiger partial charge in [0.05, 0.1) is 11.4 Å². The van der Waals surface area contributed by atoms with Crippen molar-refractivity contribution < 1.29 is 9.18 Å². The highest BCUT2D eigenvalue weighted by molar-refractivity contribution is 6.03. The van der Waals surface area contributed by atoms with Crippen LogP contribution in [0.2, 0.25) is 0 Å². The fourth-order valence-corrected chi connectivity index (χ4v) is 2.95. The molecule has 0 radical (unpaired) electrons. The summed E-state index contributed by atoms with van der Waals surface area (Å²) >= 11 is 0.